The molecule has 2 aliphatic rings. The molecular weight excluding hydrogens is 1410 g/mol. The molecule has 4 aromatic rings. The average Bonchev–Trinajstić information content (AvgIpc) is 1.49. The Morgan fingerprint density at radius 3 is 1.29 bits per heavy atom. The first-order valence-electron chi connectivity index (χ1n) is 40.6. The normalized spacial score (nSPS) is 21.0. The van der Waals surface area contributed by atoms with Gasteiger partial charge in [-0.15, -0.1) is 29.3 Å². The van der Waals surface area contributed by atoms with E-state index in [9.17, 15) is 43.5 Å². The largest absolute Gasteiger partial charge is 0.481 e. The zero-order chi connectivity index (χ0) is 81.5. The van der Waals surface area contributed by atoms with Crippen LogP contribution in [0.5, 0.6) is 0 Å². The highest BCUT2D eigenvalue weighted by Gasteiger charge is 2.51. The van der Waals surface area contributed by atoms with Gasteiger partial charge in [0.15, 0.2) is 11.6 Å². The molecule has 0 spiro atoms. The van der Waals surface area contributed by atoms with E-state index in [-0.39, 0.29) is 143 Å². The van der Waals surface area contributed by atoms with Gasteiger partial charge in [0, 0.05) is 112 Å². The predicted octanol–water partition coefficient (Wildman–Crippen LogP) is 16.6. The van der Waals surface area contributed by atoms with Crippen molar-refractivity contribution < 1.29 is 61.9 Å². The number of amides is 4. The Morgan fingerprint density at radius 2 is 0.963 bits per heavy atom. The first-order chi connectivity index (χ1) is 51.2. The number of carbonyl (C=O) groups is 8. The molecule has 2 aliphatic heterocycles. The highest BCUT2D eigenvalue weighted by Crippen LogP contribution is 2.40. The zero-order valence-electron chi connectivity index (χ0n) is 70.6. The van der Waals surface area contributed by atoms with E-state index in [1.165, 1.54) is 22.7 Å². The fourth-order valence-corrected chi connectivity index (χ4v) is 17.9. The third kappa shape index (κ3) is 26.1. The second-order valence-electron chi connectivity index (χ2n) is 34.8. The summed E-state index contributed by atoms with van der Waals surface area (Å²) in [6.45, 7) is 43.6. The van der Waals surface area contributed by atoms with E-state index in [1.54, 1.807) is 30.7 Å². The molecule has 4 amide bonds. The summed E-state index contributed by atoms with van der Waals surface area (Å²) >= 11 is 2.71. The van der Waals surface area contributed by atoms with Gasteiger partial charge in [-0.05, 0) is 142 Å². The van der Waals surface area contributed by atoms with Gasteiger partial charge in [-0.2, -0.15) is 0 Å². The first kappa shape index (κ1) is 93.2. The van der Waals surface area contributed by atoms with Crippen molar-refractivity contribution in [2.45, 2.75) is 287 Å². The smallest absolute Gasteiger partial charge is 0.306 e. The number of hydrogen-bond donors (Lipinski definition) is 3. The lowest BCUT2D eigenvalue weighted by Crippen LogP contribution is -2.67. The number of benzene rings is 2. The quantitative estimate of drug-likeness (QED) is 0.0278. The maximum absolute atomic E-state index is 14.6. The standard InChI is InChI=1S/C45H70N4O5S.C43H68N4O6S/c1-13-24-54-41(43-47-37(29-55-43)42(52)46-35(25-32(6)33(7)50)26-34-20-16-15-17-21-34)28-38(30(3)4)48(11)44(53)36(31(5)14-2)27-40(51)39-22-18-19-23-49(39,12)45(8,9)10;1-12-29(5)33(25-37(48)36-21-17-18-22-47(36,11)43(7,8)9)41(50)46(10)35(28(3)4)26-38(53-13-2)40-45-34(27-54-40)39(49)44-32(23-30(6)42(51)52)24-31-19-15-14-16-20-31/h13,15-17,20-21,29-32,35-36,38-39,41H,1,14,18-19,22-28H2,2-12H3;14-16,19-20,27-30,32-33,35-36,38H,12-13,17-18,21-26H2,1-11H3,(H-,44,49,51,52)/p+2/t31-,32-,35+,36?,38+,39+,41+,49?;29-,30-,32+,33?,35+,36+,38+,47?/m00/s1. The third-order valence-corrected chi connectivity index (χ3v) is 26.6. The monoisotopic (exact) mass is 1550 g/mol. The summed E-state index contributed by atoms with van der Waals surface area (Å²) in [5.74, 6) is -2.50. The first-order valence-corrected chi connectivity index (χ1v) is 42.4. The van der Waals surface area contributed by atoms with E-state index in [4.69, 9.17) is 19.4 Å². The van der Waals surface area contributed by atoms with Crippen LogP contribution in [0, 0.1) is 47.3 Å². The number of carboxylic acids is 1. The number of aliphatic carboxylic acids is 1. The van der Waals surface area contributed by atoms with Gasteiger partial charge in [0.25, 0.3) is 11.8 Å². The molecule has 0 bridgehead atoms. The van der Waals surface area contributed by atoms with Crippen molar-refractivity contribution in [3.05, 3.63) is 117 Å². The van der Waals surface area contributed by atoms with Crippen LogP contribution in [0.15, 0.2) is 84.1 Å². The molecule has 2 aromatic heterocycles. The number of likely N-dealkylation sites (tertiary alicyclic amines) is 2. The minimum Gasteiger partial charge on any atom is -0.481 e. The molecular formula is C88H140N8O11S2+2. The highest BCUT2D eigenvalue weighted by molar-refractivity contribution is 7.10. The number of ether oxygens (including phenoxy) is 2. The molecule has 16 atom stereocenters. The molecule has 608 valence electrons. The Bertz CT molecular complexity index is 3550. The highest BCUT2D eigenvalue weighted by atomic mass is 32.1. The number of Topliss-reactive ketones (excluding diaryl/α,β-unsaturated/α-hetero) is 3. The van der Waals surface area contributed by atoms with Gasteiger partial charge in [-0.1, -0.05) is 149 Å². The molecule has 4 unspecified atom stereocenters. The number of aromatic nitrogens is 2. The summed E-state index contributed by atoms with van der Waals surface area (Å²) in [7, 11) is 8.16. The molecule has 2 fully saturated rings. The number of carbonyl (C=O) groups excluding carboxylic acids is 7. The van der Waals surface area contributed by atoms with Gasteiger partial charge in [0.2, 0.25) is 11.8 Å². The van der Waals surface area contributed by atoms with Crippen LogP contribution in [0.3, 0.4) is 0 Å². The lowest BCUT2D eigenvalue weighted by molar-refractivity contribution is -0.971. The molecule has 0 aliphatic carbocycles. The number of nitrogens with zero attached hydrogens (tertiary/aromatic N) is 6. The Labute approximate surface area is 663 Å². The molecule has 21 heteroatoms. The number of rotatable bonds is 41. The van der Waals surface area contributed by atoms with Crippen molar-refractivity contribution in [2.24, 2.45) is 47.3 Å². The molecule has 4 heterocycles. The number of quaternary nitrogens is 2. The Morgan fingerprint density at radius 1 is 0.587 bits per heavy atom. The Kier molecular flexibility index (Phi) is 36.8. The van der Waals surface area contributed by atoms with E-state index in [0.717, 1.165) is 75.6 Å². The van der Waals surface area contributed by atoms with Crippen LogP contribution in [0.4, 0.5) is 0 Å². The number of ketones is 3. The van der Waals surface area contributed by atoms with Gasteiger partial charge < -0.3 is 44.0 Å². The van der Waals surface area contributed by atoms with Crippen LogP contribution in [-0.4, -0.2) is 183 Å². The maximum Gasteiger partial charge on any atom is 0.306 e. The van der Waals surface area contributed by atoms with E-state index in [1.807, 2.05) is 98.4 Å². The summed E-state index contributed by atoms with van der Waals surface area (Å²) in [6.07, 6.45) is 11.7. The Balaban J connectivity index is 0.000000391. The SMILES string of the molecule is C=CCO[C@H](C[C@H](C(C)C)N(C)C(=O)C(CC(=O)[C@H]1CCCC[N+]1(C)C(C)(C)C)[C@@H](C)CC)c1nc(C(=O)N[C@@H](Cc2ccccc2)C[C@H](C)C(C)=O)cs1.CCO[C@H](C[C@H](C(C)C)N(C)C(=O)C(CC(=O)[C@H]1CCCC[N+]1(C)C(C)(C)C)[C@@H](C)CC)c1nc(C(=O)N[C@@H](Cc2ccccc2)C[C@H](C)C(=O)O)cs1. The summed E-state index contributed by atoms with van der Waals surface area (Å²) < 4.78 is 14.0. The minimum atomic E-state index is -0.907. The summed E-state index contributed by atoms with van der Waals surface area (Å²) in [4.78, 5) is 122. The number of piperidine rings is 2. The fourth-order valence-electron chi connectivity index (χ4n) is 16.2. The third-order valence-electron chi connectivity index (χ3n) is 24.7. The minimum absolute atomic E-state index is 0.00639. The van der Waals surface area contributed by atoms with Gasteiger partial charge in [0.1, 0.15) is 51.5 Å². The van der Waals surface area contributed by atoms with E-state index in [2.05, 4.69) is 128 Å². The predicted molar refractivity (Wildman–Crippen MR) is 440 cm³/mol. The topological polar surface area (TPSA) is 232 Å². The second kappa shape index (κ2) is 43.0. The van der Waals surface area contributed by atoms with Crippen LogP contribution in [0.1, 0.15) is 269 Å². The Hall–Kier alpha value is -6.36. The summed E-state index contributed by atoms with van der Waals surface area (Å²) in [5, 5.41) is 20.5. The van der Waals surface area contributed by atoms with Crippen molar-refractivity contribution in [3.63, 3.8) is 0 Å². The lowest BCUT2D eigenvalue weighted by atomic mass is 9.81. The zero-order valence-corrected chi connectivity index (χ0v) is 72.3. The van der Waals surface area contributed by atoms with Gasteiger partial charge in [0.05, 0.1) is 50.8 Å². The van der Waals surface area contributed by atoms with Gasteiger partial charge in [-0.25, -0.2) is 9.97 Å². The number of hydrogen-bond acceptors (Lipinski definition) is 14. The summed E-state index contributed by atoms with van der Waals surface area (Å²) in [5.41, 5.74) is 2.48. The maximum atomic E-state index is 14.6. The average molecular weight is 1550 g/mol. The number of likely N-dealkylation sites (N-methyl/N-ethyl adjacent to an activating group) is 2. The van der Waals surface area contributed by atoms with Crippen LogP contribution < -0.4 is 10.6 Å². The lowest BCUT2D eigenvalue weighted by Gasteiger charge is -2.52. The van der Waals surface area contributed by atoms with E-state index in [0.29, 0.717) is 63.4 Å². The second-order valence-corrected chi connectivity index (χ2v) is 36.6. The molecule has 109 heavy (non-hydrogen) atoms. The van der Waals surface area contributed by atoms with Crippen LogP contribution in [0.2, 0.25) is 0 Å². The molecule has 2 saturated heterocycles. The van der Waals surface area contributed by atoms with Crippen molar-refractivity contribution in [1.29, 1.82) is 0 Å². The van der Waals surface area contributed by atoms with Crippen LogP contribution >= 0.6 is 22.7 Å². The van der Waals surface area contributed by atoms with E-state index >= 15 is 0 Å². The van der Waals surface area contributed by atoms with Gasteiger partial charge in [-0.3, -0.25) is 38.4 Å². The van der Waals surface area contributed by atoms with Crippen molar-refractivity contribution in [3.8, 4) is 0 Å². The fraction of sp³-hybridized carbons (Fsp3) is 0.682. The number of nitrogens with one attached hydrogen (secondary N) is 2. The van der Waals surface area contributed by atoms with Gasteiger partial charge >= 0.3 is 5.97 Å². The molecule has 6 rings (SSSR count). The van der Waals surface area contributed by atoms with E-state index < -0.39 is 42.0 Å². The summed E-state index contributed by atoms with van der Waals surface area (Å²) in [6, 6.07) is 18.4. The van der Waals surface area contributed by atoms with Crippen molar-refractivity contribution in [1.82, 2.24) is 30.4 Å². The van der Waals surface area contributed by atoms with Crippen LogP contribution in [-0.2, 0) is 51.1 Å². The number of thiazole rings is 2. The molecule has 0 radical (unpaired) electrons. The molecule has 0 saturated carbocycles. The van der Waals surface area contributed by atoms with Crippen LogP contribution in [0.25, 0.3) is 0 Å². The van der Waals surface area contributed by atoms with Crippen molar-refractivity contribution >= 4 is 69.6 Å². The molecule has 2 aromatic carbocycles. The van der Waals surface area contributed by atoms with Crippen molar-refractivity contribution in [2.75, 3.05) is 54.5 Å². The molecule has 19 nitrogen and oxygen atoms in total. The molecule has 3 N–H and O–H groups in total. The number of carboxylic acid groups (broad SMARTS) is 1.